The van der Waals surface area contributed by atoms with E-state index >= 15 is 0 Å². The van der Waals surface area contributed by atoms with Crippen molar-refractivity contribution in [3.8, 4) is 5.88 Å². The third-order valence-electron chi connectivity index (χ3n) is 2.27. The SMILES string of the molecule is COc1nc(Nc2cc(Cl)ccc2Br)ccc1N. The number of nitrogen functional groups attached to an aromatic ring is 1. The van der Waals surface area contributed by atoms with E-state index in [2.05, 4.69) is 26.2 Å². The molecule has 0 saturated heterocycles. The smallest absolute Gasteiger partial charge is 0.238 e. The number of nitrogens with two attached hydrogens (primary N) is 1. The van der Waals surface area contributed by atoms with Crippen molar-refractivity contribution in [2.75, 3.05) is 18.2 Å². The molecule has 0 spiro atoms. The molecule has 1 aromatic heterocycles. The molecule has 1 aromatic carbocycles. The van der Waals surface area contributed by atoms with E-state index in [0.717, 1.165) is 10.2 Å². The molecule has 0 amide bonds. The first-order chi connectivity index (χ1) is 8.60. The molecule has 1 heterocycles. The van der Waals surface area contributed by atoms with E-state index in [1.807, 2.05) is 6.07 Å². The van der Waals surface area contributed by atoms with E-state index in [0.29, 0.717) is 22.4 Å². The predicted molar refractivity (Wildman–Crippen MR) is 77.6 cm³/mol. The van der Waals surface area contributed by atoms with Crippen LogP contribution in [0.15, 0.2) is 34.8 Å². The van der Waals surface area contributed by atoms with Crippen molar-refractivity contribution in [3.05, 3.63) is 39.8 Å². The summed E-state index contributed by atoms with van der Waals surface area (Å²) in [6.45, 7) is 0. The Balaban J connectivity index is 2.31. The number of aromatic nitrogens is 1. The fraction of sp³-hybridized carbons (Fsp3) is 0.0833. The van der Waals surface area contributed by atoms with Gasteiger partial charge in [-0.1, -0.05) is 11.6 Å². The second-order valence-electron chi connectivity index (χ2n) is 3.54. The van der Waals surface area contributed by atoms with Gasteiger partial charge in [-0.15, -0.1) is 0 Å². The molecule has 0 saturated carbocycles. The molecule has 0 atom stereocenters. The maximum atomic E-state index is 5.94. The van der Waals surface area contributed by atoms with Crippen LogP contribution >= 0.6 is 27.5 Å². The van der Waals surface area contributed by atoms with Gasteiger partial charge in [0.25, 0.3) is 0 Å². The molecule has 18 heavy (non-hydrogen) atoms. The number of nitrogens with one attached hydrogen (secondary N) is 1. The summed E-state index contributed by atoms with van der Waals surface area (Å²) in [5.74, 6) is 1.02. The Kier molecular flexibility index (Phi) is 3.93. The van der Waals surface area contributed by atoms with Crippen molar-refractivity contribution in [1.82, 2.24) is 4.98 Å². The monoisotopic (exact) mass is 327 g/mol. The number of rotatable bonds is 3. The number of hydrogen-bond acceptors (Lipinski definition) is 4. The zero-order valence-corrected chi connectivity index (χ0v) is 11.9. The quantitative estimate of drug-likeness (QED) is 0.899. The summed E-state index contributed by atoms with van der Waals surface area (Å²) in [5.41, 5.74) is 7.02. The highest BCUT2D eigenvalue weighted by atomic mass is 79.9. The molecule has 6 heteroatoms. The van der Waals surface area contributed by atoms with Crippen LogP contribution in [0, 0.1) is 0 Å². The zero-order chi connectivity index (χ0) is 13.1. The van der Waals surface area contributed by atoms with Crippen LogP contribution in [-0.2, 0) is 0 Å². The van der Waals surface area contributed by atoms with Gasteiger partial charge in [0, 0.05) is 9.50 Å². The number of nitrogens with zero attached hydrogens (tertiary/aromatic N) is 1. The maximum Gasteiger partial charge on any atom is 0.238 e. The van der Waals surface area contributed by atoms with Gasteiger partial charge in [0.1, 0.15) is 5.82 Å². The average molecular weight is 329 g/mol. The summed E-state index contributed by atoms with van der Waals surface area (Å²) in [6, 6.07) is 8.96. The molecule has 2 aromatic rings. The number of anilines is 3. The maximum absolute atomic E-state index is 5.94. The van der Waals surface area contributed by atoms with E-state index in [-0.39, 0.29) is 0 Å². The third kappa shape index (κ3) is 2.86. The highest BCUT2D eigenvalue weighted by molar-refractivity contribution is 9.10. The molecule has 0 bridgehead atoms. The van der Waals surface area contributed by atoms with Crippen LogP contribution in [-0.4, -0.2) is 12.1 Å². The van der Waals surface area contributed by atoms with Gasteiger partial charge in [-0.25, -0.2) is 0 Å². The Morgan fingerprint density at radius 2 is 2.11 bits per heavy atom. The molecular weight excluding hydrogens is 318 g/mol. The van der Waals surface area contributed by atoms with Crippen LogP contribution in [0.25, 0.3) is 0 Å². The topological polar surface area (TPSA) is 60.2 Å². The van der Waals surface area contributed by atoms with E-state index in [1.165, 1.54) is 7.11 Å². The first kappa shape index (κ1) is 13.0. The second-order valence-corrected chi connectivity index (χ2v) is 4.83. The summed E-state index contributed by atoms with van der Waals surface area (Å²) in [5, 5.41) is 3.78. The van der Waals surface area contributed by atoms with Crippen molar-refractivity contribution in [2.24, 2.45) is 0 Å². The van der Waals surface area contributed by atoms with Crippen LogP contribution in [0.3, 0.4) is 0 Å². The number of halogens is 2. The van der Waals surface area contributed by atoms with Crippen LogP contribution in [0.4, 0.5) is 17.2 Å². The Bertz CT molecular complexity index is 577. The average Bonchev–Trinajstić information content (AvgIpc) is 2.36. The fourth-order valence-corrected chi connectivity index (χ4v) is 1.93. The third-order valence-corrected chi connectivity index (χ3v) is 3.20. The lowest BCUT2D eigenvalue weighted by Crippen LogP contribution is -1.99. The molecule has 0 aliphatic rings. The summed E-state index contributed by atoms with van der Waals surface area (Å²) in [4.78, 5) is 4.23. The van der Waals surface area contributed by atoms with Gasteiger partial charge in [-0.2, -0.15) is 4.98 Å². The molecule has 2 rings (SSSR count). The largest absolute Gasteiger partial charge is 0.479 e. The minimum Gasteiger partial charge on any atom is -0.479 e. The van der Waals surface area contributed by atoms with Crippen LogP contribution in [0.2, 0.25) is 5.02 Å². The Labute approximate surface area is 118 Å². The highest BCUT2D eigenvalue weighted by Gasteiger charge is 2.05. The first-order valence-electron chi connectivity index (χ1n) is 5.12. The molecule has 3 N–H and O–H groups in total. The Morgan fingerprint density at radius 1 is 1.33 bits per heavy atom. The van der Waals surface area contributed by atoms with Crippen molar-refractivity contribution in [2.45, 2.75) is 0 Å². The van der Waals surface area contributed by atoms with Crippen LogP contribution in [0.5, 0.6) is 5.88 Å². The Hall–Kier alpha value is -1.46. The van der Waals surface area contributed by atoms with Gasteiger partial charge >= 0.3 is 0 Å². The van der Waals surface area contributed by atoms with Gasteiger partial charge in [0.05, 0.1) is 18.5 Å². The lowest BCUT2D eigenvalue weighted by Gasteiger charge is -2.10. The molecule has 4 nitrogen and oxygen atoms in total. The van der Waals surface area contributed by atoms with Crippen LogP contribution in [0.1, 0.15) is 0 Å². The molecule has 0 fully saturated rings. The van der Waals surface area contributed by atoms with Gasteiger partial charge in [-0.3, -0.25) is 0 Å². The minimum absolute atomic E-state index is 0.387. The lowest BCUT2D eigenvalue weighted by molar-refractivity contribution is 0.401. The van der Waals surface area contributed by atoms with Crippen molar-refractivity contribution in [1.29, 1.82) is 0 Å². The lowest BCUT2D eigenvalue weighted by atomic mass is 10.3. The normalized spacial score (nSPS) is 10.2. The van der Waals surface area contributed by atoms with E-state index < -0.39 is 0 Å². The molecule has 0 aliphatic carbocycles. The van der Waals surface area contributed by atoms with E-state index in [1.54, 1.807) is 24.3 Å². The molecule has 0 unspecified atom stereocenters. The summed E-state index contributed by atoms with van der Waals surface area (Å²) in [6.07, 6.45) is 0. The standard InChI is InChI=1S/C12H11BrClN3O/c1-18-12-9(15)4-5-11(17-12)16-10-6-7(14)2-3-8(10)13/h2-6H,15H2,1H3,(H,16,17). The van der Waals surface area contributed by atoms with E-state index in [4.69, 9.17) is 22.1 Å². The number of methoxy groups -OCH3 is 1. The predicted octanol–water partition coefficient (Wildman–Crippen LogP) is 3.83. The van der Waals surface area contributed by atoms with Gasteiger partial charge in [-0.05, 0) is 46.3 Å². The number of ether oxygens (including phenoxy) is 1. The number of pyridine rings is 1. The van der Waals surface area contributed by atoms with Gasteiger partial charge in [0.15, 0.2) is 0 Å². The highest BCUT2D eigenvalue weighted by Crippen LogP contribution is 2.29. The van der Waals surface area contributed by atoms with Crippen molar-refractivity contribution < 1.29 is 4.74 Å². The number of hydrogen-bond donors (Lipinski definition) is 2. The summed E-state index contributed by atoms with van der Waals surface area (Å²) < 4.78 is 5.96. The van der Waals surface area contributed by atoms with Crippen molar-refractivity contribution in [3.63, 3.8) is 0 Å². The van der Waals surface area contributed by atoms with Crippen molar-refractivity contribution >= 4 is 44.7 Å². The minimum atomic E-state index is 0.387. The molecule has 0 radical (unpaired) electrons. The first-order valence-corrected chi connectivity index (χ1v) is 6.30. The van der Waals surface area contributed by atoms with Gasteiger partial charge < -0.3 is 15.8 Å². The summed E-state index contributed by atoms with van der Waals surface area (Å²) in [7, 11) is 1.53. The van der Waals surface area contributed by atoms with Gasteiger partial charge in [0.2, 0.25) is 5.88 Å². The molecule has 94 valence electrons. The van der Waals surface area contributed by atoms with E-state index in [9.17, 15) is 0 Å². The summed E-state index contributed by atoms with van der Waals surface area (Å²) >= 11 is 9.37. The number of benzene rings is 1. The second kappa shape index (κ2) is 5.46. The fourth-order valence-electron chi connectivity index (χ4n) is 1.42. The molecular formula is C12H11BrClN3O. The zero-order valence-electron chi connectivity index (χ0n) is 9.58. The van der Waals surface area contributed by atoms with Crippen LogP contribution < -0.4 is 15.8 Å². The molecule has 0 aliphatic heterocycles. The Morgan fingerprint density at radius 3 is 2.83 bits per heavy atom.